The molecule has 0 radical (unpaired) electrons. The molecule has 2 atom stereocenters. The van der Waals surface area contributed by atoms with Gasteiger partial charge in [0.05, 0.1) is 30.0 Å². The van der Waals surface area contributed by atoms with Crippen LogP contribution in [-0.4, -0.2) is 50.4 Å². The van der Waals surface area contributed by atoms with E-state index in [-0.39, 0.29) is 12.8 Å². The Kier molecular flexibility index (Phi) is 10.4. The molecule has 0 aliphatic heterocycles. The summed E-state index contributed by atoms with van der Waals surface area (Å²) in [5.74, 6) is -0.484. The van der Waals surface area contributed by atoms with Gasteiger partial charge >= 0.3 is 5.97 Å². The fraction of sp³-hybridized carbons (Fsp3) is 0.355. The van der Waals surface area contributed by atoms with E-state index < -0.39 is 23.8 Å². The lowest BCUT2D eigenvalue weighted by molar-refractivity contribution is -0.157. The normalized spacial score (nSPS) is 13.8. The van der Waals surface area contributed by atoms with Gasteiger partial charge in [-0.3, -0.25) is 9.78 Å². The van der Waals surface area contributed by atoms with Crippen LogP contribution in [0.3, 0.4) is 0 Å². The van der Waals surface area contributed by atoms with Crippen LogP contribution in [-0.2, 0) is 16.1 Å². The van der Waals surface area contributed by atoms with E-state index >= 15 is 0 Å². The zero-order chi connectivity index (χ0) is 27.5. The molecule has 0 spiro atoms. The van der Waals surface area contributed by atoms with Crippen LogP contribution >= 0.6 is 0 Å². The molecule has 0 saturated heterocycles. The molecule has 0 aliphatic rings. The Hall–Kier alpha value is -3.68. The number of pyridine rings is 1. The second kappa shape index (κ2) is 13.7. The Balaban J connectivity index is 1.83. The number of aliphatic hydroxyl groups excluding tert-OH is 2. The maximum atomic E-state index is 12.1. The Morgan fingerprint density at radius 1 is 0.921 bits per heavy atom. The van der Waals surface area contributed by atoms with Crippen molar-refractivity contribution in [1.29, 1.82) is 0 Å². The van der Waals surface area contributed by atoms with E-state index in [1.54, 1.807) is 33.2 Å². The third kappa shape index (κ3) is 9.32. The topological polar surface area (TPSA) is 109 Å². The second-order valence-electron chi connectivity index (χ2n) is 10.4. The summed E-state index contributed by atoms with van der Waals surface area (Å²) in [5.41, 5.74) is 10.5. The van der Waals surface area contributed by atoms with Crippen molar-refractivity contribution in [2.24, 2.45) is 5.73 Å². The van der Waals surface area contributed by atoms with Gasteiger partial charge in [0.1, 0.15) is 5.60 Å². The summed E-state index contributed by atoms with van der Waals surface area (Å²) in [6.45, 7) is 6.39. The average molecular weight is 518 g/mol. The highest BCUT2D eigenvalue weighted by atomic mass is 16.6. The van der Waals surface area contributed by atoms with Crippen molar-refractivity contribution in [2.45, 2.75) is 64.4 Å². The fourth-order valence-corrected chi connectivity index (χ4v) is 4.24. The molecule has 3 rings (SSSR count). The maximum absolute atomic E-state index is 12.1. The molecule has 0 amide bonds. The van der Waals surface area contributed by atoms with E-state index in [0.717, 1.165) is 22.4 Å². The quantitative estimate of drug-likeness (QED) is 0.301. The number of rotatable bonds is 12. The minimum absolute atomic E-state index is 0.0721. The zero-order valence-electron chi connectivity index (χ0n) is 22.5. The van der Waals surface area contributed by atoms with Gasteiger partial charge < -0.3 is 25.6 Å². The third-order valence-electron chi connectivity index (χ3n) is 5.92. The molecular formula is C31H39N3O4. The Morgan fingerprint density at radius 3 is 2.13 bits per heavy atom. The van der Waals surface area contributed by atoms with Crippen LogP contribution in [0.5, 0.6) is 0 Å². The van der Waals surface area contributed by atoms with Gasteiger partial charge in [0.15, 0.2) is 0 Å². The molecule has 1 heterocycles. The van der Waals surface area contributed by atoms with Crippen molar-refractivity contribution in [1.82, 2.24) is 9.88 Å². The minimum Gasteiger partial charge on any atom is -0.460 e. The number of hydrogen-bond donors (Lipinski definition) is 3. The van der Waals surface area contributed by atoms with Gasteiger partial charge in [-0.1, -0.05) is 60.7 Å². The molecule has 4 N–H and O–H groups in total. The summed E-state index contributed by atoms with van der Waals surface area (Å²) >= 11 is 0. The van der Waals surface area contributed by atoms with Crippen LogP contribution in [0.1, 0.15) is 56.7 Å². The van der Waals surface area contributed by atoms with Crippen molar-refractivity contribution in [3.05, 3.63) is 102 Å². The number of aromatic nitrogens is 1. The molecule has 0 fully saturated rings. The smallest absolute Gasteiger partial charge is 0.308 e. The highest BCUT2D eigenvalue weighted by Crippen LogP contribution is 2.28. The van der Waals surface area contributed by atoms with Crippen LogP contribution < -0.4 is 5.73 Å². The summed E-state index contributed by atoms with van der Waals surface area (Å²) in [7, 11) is 0. The van der Waals surface area contributed by atoms with Gasteiger partial charge in [-0.05, 0) is 56.9 Å². The predicted octanol–water partition coefficient (Wildman–Crippen LogP) is 4.60. The van der Waals surface area contributed by atoms with Crippen LogP contribution in [0.25, 0.3) is 11.4 Å². The molecule has 38 heavy (non-hydrogen) atoms. The summed E-state index contributed by atoms with van der Waals surface area (Å²) in [5, 5.41) is 21.2. The van der Waals surface area contributed by atoms with E-state index in [1.165, 1.54) is 0 Å². The predicted molar refractivity (Wildman–Crippen MR) is 150 cm³/mol. The number of nitrogens with two attached hydrogens (primary N) is 1. The number of aliphatic hydroxyl groups is 2. The molecule has 1 aromatic heterocycles. The summed E-state index contributed by atoms with van der Waals surface area (Å²) in [6, 6.07) is 23.8. The highest BCUT2D eigenvalue weighted by molar-refractivity contribution is 5.88. The molecule has 0 saturated carbocycles. The zero-order valence-corrected chi connectivity index (χ0v) is 22.5. The third-order valence-corrected chi connectivity index (χ3v) is 5.92. The van der Waals surface area contributed by atoms with Gasteiger partial charge in [-0.25, -0.2) is 0 Å². The van der Waals surface area contributed by atoms with Gasteiger partial charge in [0.2, 0.25) is 0 Å². The Labute approximate surface area is 225 Å². The summed E-state index contributed by atoms with van der Waals surface area (Å²) in [6.07, 6.45) is 1.90. The van der Waals surface area contributed by atoms with Crippen molar-refractivity contribution in [2.75, 3.05) is 6.54 Å². The first-order valence-electron chi connectivity index (χ1n) is 12.9. The first-order valence-corrected chi connectivity index (χ1v) is 12.9. The summed E-state index contributed by atoms with van der Waals surface area (Å²) in [4.78, 5) is 18.4. The SMILES string of the molecule is CC(C)(C)OC(=O)CC(O)CC(O)CCN(Cc1ccccc1)/C(=C(\N)c1ccncc1)c1ccccc1. The van der Waals surface area contributed by atoms with E-state index in [0.29, 0.717) is 25.2 Å². The molecule has 0 bridgehead atoms. The number of carbonyl (C=O) groups excluding carboxylic acids is 1. The Bertz CT molecular complexity index is 1160. The average Bonchev–Trinajstić information content (AvgIpc) is 2.87. The molecule has 2 aromatic carbocycles. The number of hydrogen-bond acceptors (Lipinski definition) is 7. The molecular weight excluding hydrogens is 478 g/mol. The van der Waals surface area contributed by atoms with Crippen molar-refractivity contribution in [3.8, 4) is 0 Å². The number of carbonyl (C=O) groups is 1. The monoisotopic (exact) mass is 517 g/mol. The van der Waals surface area contributed by atoms with Crippen molar-refractivity contribution in [3.63, 3.8) is 0 Å². The van der Waals surface area contributed by atoms with Gasteiger partial charge in [-0.15, -0.1) is 0 Å². The van der Waals surface area contributed by atoms with Gasteiger partial charge in [0.25, 0.3) is 0 Å². The lowest BCUT2D eigenvalue weighted by atomic mass is 10.0. The largest absolute Gasteiger partial charge is 0.460 e. The van der Waals surface area contributed by atoms with E-state index in [1.807, 2.05) is 60.7 Å². The van der Waals surface area contributed by atoms with E-state index in [2.05, 4.69) is 22.0 Å². The minimum atomic E-state index is -0.992. The van der Waals surface area contributed by atoms with E-state index in [9.17, 15) is 15.0 Å². The Morgan fingerprint density at radius 2 is 1.53 bits per heavy atom. The molecule has 3 aromatic rings. The number of esters is 1. The lowest BCUT2D eigenvalue weighted by Gasteiger charge is -2.31. The van der Waals surface area contributed by atoms with Crippen LogP contribution in [0.15, 0.2) is 85.2 Å². The standard InChI is InChI=1S/C31H39N3O4/c1-31(2,3)38-28(37)21-27(36)20-26(35)16-19-34(22-23-10-6-4-7-11-23)30(25-12-8-5-9-13-25)29(32)24-14-17-33-18-15-24/h4-15,17-18,26-27,35-36H,16,19-22,32H2,1-3H3/b30-29-. The number of benzene rings is 2. The van der Waals surface area contributed by atoms with E-state index in [4.69, 9.17) is 10.5 Å². The molecule has 0 aliphatic carbocycles. The first kappa shape index (κ1) is 28.9. The lowest BCUT2D eigenvalue weighted by Crippen LogP contribution is -2.30. The number of nitrogens with zero attached hydrogens (tertiary/aromatic N) is 2. The fourth-order valence-electron chi connectivity index (χ4n) is 4.24. The highest BCUT2D eigenvalue weighted by Gasteiger charge is 2.23. The first-order chi connectivity index (χ1) is 18.1. The van der Waals surface area contributed by atoms with Crippen LogP contribution in [0.2, 0.25) is 0 Å². The van der Waals surface area contributed by atoms with Crippen molar-refractivity contribution >= 4 is 17.4 Å². The van der Waals surface area contributed by atoms with Gasteiger partial charge in [0, 0.05) is 31.0 Å². The van der Waals surface area contributed by atoms with Crippen LogP contribution in [0, 0.1) is 0 Å². The second-order valence-corrected chi connectivity index (χ2v) is 10.4. The number of ether oxygens (including phenoxy) is 1. The van der Waals surface area contributed by atoms with Crippen molar-refractivity contribution < 1.29 is 19.7 Å². The maximum Gasteiger partial charge on any atom is 0.308 e. The molecule has 2 unspecified atom stereocenters. The summed E-state index contributed by atoms with van der Waals surface area (Å²) < 4.78 is 5.29. The molecule has 7 nitrogen and oxygen atoms in total. The molecule has 202 valence electrons. The van der Waals surface area contributed by atoms with Gasteiger partial charge in [-0.2, -0.15) is 0 Å². The molecule has 7 heteroatoms. The van der Waals surface area contributed by atoms with Crippen LogP contribution in [0.4, 0.5) is 0 Å².